The lowest BCUT2D eigenvalue weighted by atomic mass is 10.1. The van der Waals surface area contributed by atoms with Crippen molar-refractivity contribution in [2.24, 2.45) is 0 Å². The van der Waals surface area contributed by atoms with Crippen LogP contribution in [0, 0.1) is 29.0 Å². The molecule has 0 aliphatic heterocycles. The molecule has 0 amide bonds. The van der Waals surface area contributed by atoms with Crippen molar-refractivity contribution in [3.63, 3.8) is 0 Å². The van der Waals surface area contributed by atoms with Crippen LogP contribution in [-0.2, 0) is 4.79 Å². The van der Waals surface area contributed by atoms with E-state index in [0.29, 0.717) is 0 Å². The first-order valence-electron chi connectivity index (χ1n) is 4.04. The number of halogens is 1. The fourth-order valence-electron chi connectivity index (χ4n) is 0.957. The van der Waals surface area contributed by atoms with Gasteiger partial charge in [0, 0.05) is 5.56 Å². The number of hydrogen-bond donors (Lipinski definition) is 1. The molecular formula is C11H6FNO2. The van der Waals surface area contributed by atoms with Crippen LogP contribution in [0.15, 0.2) is 18.2 Å². The van der Waals surface area contributed by atoms with Crippen LogP contribution in [0.2, 0.25) is 0 Å². The molecule has 0 radical (unpaired) electrons. The second-order valence-electron chi connectivity index (χ2n) is 2.65. The smallest absolute Gasteiger partial charge is 0.315 e. The summed E-state index contributed by atoms with van der Waals surface area (Å²) >= 11 is 0. The molecule has 74 valence electrons. The highest BCUT2D eigenvalue weighted by atomic mass is 19.1. The number of carboxylic acid groups (broad SMARTS) is 1. The van der Waals surface area contributed by atoms with Gasteiger partial charge in [0.15, 0.2) is 0 Å². The van der Waals surface area contributed by atoms with E-state index in [2.05, 4.69) is 11.8 Å². The van der Waals surface area contributed by atoms with Crippen molar-refractivity contribution < 1.29 is 14.3 Å². The van der Waals surface area contributed by atoms with Gasteiger partial charge in [0.25, 0.3) is 0 Å². The van der Waals surface area contributed by atoms with E-state index in [1.54, 1.807) is 6.07 Å². The van der Waals surface area contributed by atoms with Crippen LogP contribution in [-0.4, -0.2) is 11.1 Å². The van der Waals surface area contributed by atoms with Crippen LogP contribution >= 0.6 is 0 Å². The summed E-state index contributed by atoms with van der Waals surface area (Å²) in [6.07, 6.45) is -0.332. The SMILES string of the molecule is N#Cc1c(F)cccc1C#CCC(=O)O. The van der Waals surface area contributed by atoms with Gasteiger partial charge in [0.2, 0.25) is 0 Å². The molecular weight excluding hydrogens is 197 g/mol. The summed E-state index contributed by atoms with van der Waals surface area (Å²) in [5, 5.41) is 17.0. The van der Waals surface area contributed by atoms with E-state index in [0.717, 1.165) is 6.07 Å². The van der Waals surface area contributed by atoms with E-state index < -0.39 is 11.8 Å². The minimum atomic E-state index is -1.06. The Balaban J connectivity index is 3.04. The van der Waals surface area contributed by atoms with Crippen LogP contribution in [0.3, 0.4) is 0 Å². The van der Waals surface area contributed by atoms with Gasteiger partial charge in [0.1, 0.15) is 23.9 Å². The molecule has 4 heteroatoms. The molecule has 0 unspecified atom stereocenters. The average molecular weight is 203 g/mol. The third-order valence-electron chi connectivity index (χ3n) is 1.59. The van der Waals surface area contributed by atoms with Crippen molar-refractivity contribution in [1.82, 2.24) is 0 Å². The molecule has 0 fully saturated rings. The topological polar surface area (TPSA) is 61.1 Å². The van der Waals surface area contributed by atoms with Crippen LogP contribution < -0.4 is 0 Å². The van der Waals surface area contributed by atoms with Crippen LogP contribution in [0.25, 0.3) is 0 Å². The Kier molecular flexibility index (Phi) is 3.43. The molecule has 0 bridgehead atoms. The Bertz CT molecular complexity index is 492. The summed E-state index contributed by atoms with van der Waals surface area (Å²) in [7, 11) is 0. The summed E-state index contributed by atoms with van der Waals surface area (Å²) in [4.78, 5) is 10.2. The monoisotopic (exact) mass is 203 g/mol. The largest absolute Gasteiger partial charge is 0.481 e. The van der Waals surface area contributed by atoms with Gasteiger partial charge < -0.3 is 5.11 Å². The summed E-state index contributed by atoms with van der Waals surface area (Å²) in [5.74, 6) is 3.07. The molecule has 0 heterocycles. The van der Waals surface area contributed by atoms with Crippen LogP contribution in [0.4, 0.5) is 4.39 Å². The Morgan fingerprint density at radius 3 is 2.87 bits per heavy atom. The van der Waals surface area contributed by atoms with Gasteiger partial charge in [-0.2, -0.15) is 5.26 Å². The lowest BCUT2D eigenvalue weighted by molar-refractivity contribution is -0.135. The van der Waals surface area contributed by atoms with Gasteiger partial charge in [-0.25, -0.2) is 4.39 Å². The molecule has 0 aliphatic rings. The normalized spacial score (nSPS) is 8.53. The maximum Gasteiger partial charge on any atom is 0.315 e. The fraction of sp³-hybridized carbons (Fsp3) is 0.0909. The maximum absolute atomic E-state index is 13.0. The number of nitriles is 1. The van der Waals surface area contributed by atoms with Gasteiger partial charge in [-0.3, -0.25) is 4.79 Å². The minimum Gasteiger partial charge on any atom is -0.481 e. The average Bonchev–Trinajstić information content (AvgIpc) is 2.17. The van der Waals surface area contributed by atoms with E-state index in [4.69, 9.17) is 10.4 Å². The molecule has 0 atom stereocenters. The third-order valence-corrected chi connectivity index (χ3v) is 1.59. The second kappa shape index (κ2) is 4.78. The van der Waals surface area contributed by atoms with Crippen molar-refractivity contribution in [3.05, 3.63) is 35.1 Å². The highest BCUT2D eigenvalue weighted by molar-refractivity contribution is 5.70. The van der Waals surface area contributed by atoms with Crippen LogP contribution in [0.1, 0.15) is 17.5 Å². The number of carbonyl (C=O) groups is 1. The van der Waals surface area contributed by atoms with E-state index in [-0.39, 0.29) is 17.5 Å². The van der Waals surface area contributed by atoms with Crippen molar-refractivity contribution >= 4 is 5.97 Å². The predicted molar refractivity (Wildman–Crippen MR) is 50.2 cm³/mol. The summed E-state index contributed by atoms with van der Waals surface area (Å²) in [6, 6.07) is 5.72. The zero-order valence-corrected chi connectivity index (χ0v) is 7.62. The molecule has 1 aromatic rings. The fourth-order valence-corrected chi connectivity index (χ4v) is 0.957. The van der Waals surface area contributed by atoms with Crippen molar-refractivity contribution in [3.8, 4) is 17.9 Å². The molecule has 0 aliphatic carbocycles. The second-order valence-corrected chi connectivity index (χ2v) is 2.65. The summed E-state index contributed by atoms with van der Waals surface area (Å²) in [6.45, 7) is 0. The third kappa shape index (κ3) is 2.82. The molecule has 0 spiro atoms. The highest BCUT2D eigenvalue weighted by Gasteiger charge is 2.04. The molecule has 3 nitrogen and oxygen atoms in total. The first-order chi connectivity index (χ1) is 7.15. The van der Waals surface area contributed by atoms with Gasteiger partial charge in [-0.1, -0.05) is 17.9 Å². The molecule has 0 saturated heterocycles. The van der Waals surface area contributed by atoms with E-state index >= 15 is 0 Å². The van der Waals surface area contributed by atoms with Gasteiger partial charge in [-0.15, -0.1) is 0 Å². The van der Waals surface area contributed by atoms with Crippen LogP contribution in [0.5, 0.6) is 0 Å². The standard InChI is InChI=1S/C11H6FNO2/c12-10-5-1-3-8(9(10)7-13)4-2-6-11(14)15/h1,3,5H,6H2,(H,14,15). The minimum absolute atomic E-state index is 0.157. The summed E-state index contributed by atoms with van der Waals surface area (Å²) in [5.41, 5.74) is 0.0501. The predicted octanol–water partition coefficient (Wildman–Crippen LogP) is 1.52. The molecule has 0 saturated carbocycles. The lowest BCUT2D eigenvalue weighted by Gasteiger charge is -1.95. The number of rotatable bonds is 1. The van der Waals surface area contributed by atoms with Crippen molar-refractivity contribution in [2.75, 3.05) is 0 Å². The molecule has 1 aromatic carbocycles. The van der Waals surface area contributed by atoms with Gasteiger partial charge in [0.05, 0.1) is 0 Å². The maximum atomic E-state index is 13.0. The Morgan fingerprint density at radius 2 is 2.27 bits per heavy atom. The van der Waals surface area contributed by atoms with Crippen molar-refractivity contribution in [1.29, 1.82) is 5.26 Å². The van der Waals surface area contributed by atoms with E-state index in [1.807, 2.05) is 0 Å². The van der Waals surface area contributed by atoms with Gasteiger partial charge >= 0.3 is 5.97 Å². The lowest BCUT2D eigenvalue weighted by Crippen LogP contribution is -1.92. The number of hydrogen-bond acceptors (Lipinski definition) is 2. The zero-order chi connectivity index (χ0) is 11.3. The quantitative estimate of drug-likeness (QED) is 0.704. The number of benzene rings is 1. The molecule has 1 N–H and O–H groups in total. The highest BCUT2D eigenvalue weighted by Crippen LogP contribution is 2.10. The van der Waals surface area contributed by atoms with E-state index in [1.165, 1.54) is 12.1 Å². The number of nitrogens with zero attached hydrogens (tertiary/aromatic N) is 1. The molecule has 1 rings (SSSR count). The Morgan fingerprint density at radius 1 is 1.53 bits per heavy atom. The van der Waals surface area contributed by atoms with Gasteiger partial charge in [-0.05, 0) is 12.1 Å². The number of aliphatic carboxylic acids is 1. The molecule has 0 aromatic heterocycles. The molecule has 15 heavy (non-hydrogen) atoms. The summed E-state index contributed by atoms with van der Waals surface area (Å²) < 4.78 is 13.0. The van der Waals surface area contributed by atoms with E-state index in [9.17, 15) is 9.18 Å². The van der Waals surface area contributed by atoms with Crippen molar-refractivity contribution in [2.45, 2.75) is 6.42 Å². The Hall–Kier alpha value is -2.33. The number of carboxylic acids is 1. The first kappa shape index (κ1) is 10.7. The first-order valence-corrected chi connectivity index (χ1v) is 4.04. The zero-order valence-electron chi connectivity index (χ0n) is 7.62. The Labute approximate surface area is 85.8 Å².